The Balaban J connectivity index is 2.01. The molecule has 3 N–H and O–H groups in total. The first kappa shape index (κ1) is 25.2. The number of alkyl carbamates (subject to hydrolysis) is 1. The van der Waals surface area contributed by atoms with Crippen molar-refractivity contribution in [3.63, 3.8) is 0 Å². The van der Waals surface area contributed by atoms with Crippen LogP contribution in [0.5, 0.6) is 0 Å². The van der Waals surface area contributed by atoms with E-state index in [0.717, 1.165) is 11.6 Å². The molecule has 0 aliphatic rings. The van der Waals surface area contributed by atoms with Crippen molar-refractivity contribution in [1.82, 2.24) is 10.3 Å². The van der Waals surface area contributed by atoms with E-state index in [1.54, 1.807) is 26.8 Å². The van der Waals surface area contributed by atoms with Crippen LogP contribution in [0, 0.1) is 23.5 Å². The van der Waals surface area contributed by atoms with Crippen LogP contribution in [0.1, 0.15) is 49.3 Å². The van der Waals surface area contributed by atoms with Crippen molar-refractivity contribution in [3.8, 4) is 11.8 Å². The van der Waals surface area contributed by atoms with E-state index in [-0.39, 0.29) is 6.42 Å². The van der Waals surface area contributed by atoms with E-state index >= 15 is 0 Å². The standard InChI is InChI=1S/C26H24BrF2N3O2/c1-26(2,3)34-25(33)32-23(13-17-11-18(28)14-19(29)12-17)24-20(27)15-21(30)22(31-24)10-9-16-7-5-4-6-8-16/h4-8,11-12,14-15,23H,13,30H2,1-3H3,(H,32,33). The third-order valence-corrected chi connectivity index (χ3v) is 5.15. The minimum atomic E-state index is -0.789. The number of aromatic nitrogens is 1. The minimum Gasteiger partial charge on any atom is -0.444 e. The van der Waals surface area contributed by atoms with E-state index in [2.05, 4.69) is 38.1 Å². The highest BCUT2D eigenvalue weighted by Gasteiger charge is 2.24. The van der Waals surface area contributed by atoms with Crippen LogP contribution in [0.4, 0.5) is 19.3 Å². The van der Waals surface area contributed by atoms with Gasteiger partial charge in [-0.2, -0.15) is 0 Å². The molecule has 1 heterocycles. The van der Waals surface area contributed by atoms with Crippen LogP contribution in [0.3, 0.4) is 0 Å². The lowest BCUT2D eigenvalue weighted by molar-refractivity contribution is 0.0502. The fourth-order valence-electron chi connectivity index (χ4n) is 3.14. The minimum absolute atomic E-state index is 0.0506. The van der Waals surface area contributed by atoms with Gasteiger partial charge < -0.3 is 15.8 Å². The number of nitrogen functional groups attached to an aromatic ring is 1. The van der Waals surface area contributed by atoms with Crippen LogP contribution in [-0.4, -0.2) is 16.7 Å². The molecule has 5 nitrogen and oxygen atoms in total. The van der Waals surface area contributed by atoms with Gasteiger partial charge in [-0.15, -0.1) is 0 Å². The Kier molecular flexibility index (Phi) is 7.90. The Morgan fingerprint density at radius 1 is 1.12 bits per heavy atom. The molecular weight excluding hydrogens is 504 g/mol. The van der Waals surface area contributed by atoms with Crippen LogP contribution in [0.25, 0.3) is 0 Å². The second-order valence-electron chi connectivity index (χ2n) is 8.59. The number of anilines is 1. The Hall–Kier alpha value is -3.44. The van der Waals surface area contributed by atoms with Crippen molar-refractivity contribution in [2.75, 3.05) is 5.73 Å². The van der Waals surface area contributed by atoms with E-state index in [1.807, 2.05) is 30.3 Å². The monoisotopic (exact) mass is 527 g/mol. The molecule has 0 aliphatic heterocycles. The topological polar surface area (TPSA) is 77.2 Å². The molecule has 3 aromatic rings. The van der Waals surface area contributed by atoms with E-state index in [9.17, 15) is 13.6 Å². The SMILES string of the molecule is CC(C)(C)OC(=O)NC(Cc1cc(F)cc(F)c1)c1nc(C#Cc2ccccc2)c(N)cc1Br. The number of nitrogens with zero attached hydrogens (tertiary/aromatic N) is 1. The van der Waals surface area contributed by atoms with Gasteiger partial charge in [0, 0.05) is 16.1 Å². The predicted octanol–water partition coefficient (Wildman–Crippen LogP) is 5.91. The maximum Gasteiger partial charge on any atom is 0.408 e. The highest BCUT2D eigenvalue weighted by Crippen LogP contribution is 2.29. The van der Waals surface area contributed by atoms with Gasteiger partial charge in [-0.05, 0) is 84.9 Å². The van der Waals surface area contributed by atoms with Gasteiger partial charge in [-0.25, -0.2) is 18.6 Å². The zero-order valence-electron chi connectivity index (χ0n) is 19.0. The number of pyridine rings is 1. The first-order valence-electron chi connectivity index (χ1n) is 10.5. The summed E-state index contributed by atoms with van der Waals surface area (Å²) in [5.74, 6) is 4.52. The average molecular weight is 528 g/mol. The number of nitrogens with one attached hydrogen (secondary N) is 1. The first-order chi connectivity index (χ1) is 16.0. The molecule has 176 valence electrons. The summed E-state index contributed by atoms with van der Waals surface area (Å²) in [7, 11) is 0. The van der Waals surface area contributed by atoms with Crippen molar-refractivity contribution >= 4 is 27.7 Å². The Morgan fingerprint density at radius 3 is 2.38 bits per heavy atom. The summed E-state index contributed by atoms with van der Waals surface area (Å²) in [5, 5.41) is 2.75. The highest BCUT2D eigenvalue weighted by atomic mass is 79.9. The van der Waals surface area contributed by atoms with Gasteiger partial charge in [0.1, 0.15) is 22.9 Å². The van der Waals surface area contributed by atoms with E-state index < -0.39 is 29.4 Å². The maximum atomic E-state index is 13.8. The zero-order valence-corrected chi connectivity index (χ0v) is 20.5. The Labute approximate surface area is 205 Å². The maximum absolute atomic E-state index is 13.8. The summed E-state index contributed by atoms with van der Waals surface area (Å²) in [6, 6.07) is 13.4. The van der Waals surface area contributed by atoms with Crippen molar-refractivity contribution in [2.45, 2.75) is 38.8 Å². The molecule has 1 atom stereocenters. The van der Waals surface area contributed by atoms with Gasteiger partial charge in [0.25, 0.3) is 0 Å². The zero-order chi connectivity index (χ0) is 24.9. The first-order valence-corrected chi connectivity index (χ1v) is 11.3. The summed E-state index contributed by atoms with van der Waals surface area (Å²) in [5.41, 5.74) is 7.54. The molecule has 0 saturated carbocycles. The number of nitrogens with two attached hydrogens (primary N) is 1. The van der Waals surface area contributed by atoms with E-state index in [0.29, 0.717) is 27.1 Å². The summed E-state index contributed by atoms with van der Waals surface area (Å²) >= 11 is 3.44. The lowest BCUT2D eigenvalue weighted by Crippen LogP contribution is -2.36. The molecule has 8 heteroatoms. The van der Waals surface area contributed by atoms with Crippen LogP contribution >= 0.6 is 15.9 Å². The van der Waals surface area contributed by atoms with Gasteiger partial charge in [0.2, 0.25) is 0 Å². The molecule has 0 fully saturated rings. The normalized spacial score (nSPS) is 11.8. The fourth-order valence-corrected chi connectivity index (χ4v) is 3.76. The highest BCUT2D eigenvalue weighted by molar-refractivity contribution is 9.10. The van der Waals surface area contributed by atoms with Gasteiger partial charge in [0.15, 0.2) is 0 Å². The molecule has 3 rings (SSSR count). The average Bonchev–Trinajstić information content (AvgIpc) is 2.71. The third kappa shape index (κ3) is 7.29. The molecule has 0 bridgehead atoms. The van der Waals surface area contributed by atoms with Crippen molar-refractivity contribution in [2.24, 2.45) is 0 Å². The molecule has 0 aliphatic carbocycles. The molecule has 0 saturated heterocycles. The number of carbonyl (C=O) groups is 1. The lowest BCUT2D eigenvalue weighted by atomic mass is 10.0. The number of halogens is 3. The third-order valence-electron chi connectivity index (χ3n) is 4.51. The second-order valence-corrected chi connectivity index (χ2v) is 9.44. The van der Waals surface area contributed by atoms with Crippen LogP contribution in [0.15, 0.2) is 59.1 Å². The molecule has 34 heavy (non-hydrogen) atoms. The number of benzene rings is 2. The van der Waals surface area contributed by atoms with Crippen molar-refractivity contribution in [3.05, 3.63) is 93.2 Å². The Bertz CT molecular complexity index is 1230. The molecule has 1 amide bonds. The largest absolute Gasteiger partial charge is 0.444 e. The number of hydrogen-bond donors (Lipinski definition) is 2. The molecule has 0 spiro atoms. The fraction of sp³-hybridized carbons (Fsp3) is 0.231. The van der Waals surface area contributed by atoms with Crippen LogP contribution in [-0.2, 0) is 11.2 Å². The predicted molar refractivity (Wildman–Crippen MR) is 131 cm³/mol. The molecule has 0 radical (unpaired) electrons. The summed E-state index contributed by atoms with van der Waals surface area (Å²) in [6.45, 7) is 5.20. The van der Waals surface area contributed by atoms with Crippen molar-refractivity contribution in [1.29, 1.82) is 0 Å². The molecule has 1 aromatic heterocycles. The van der Waals surface area contributed by atoms with Gasteiger partial charge >= 0.3 is 6.09 Å². The van der Waals surface area contributed by atoms with E-state index in [4.69, 9.17) is 10.5 Å². The van der Waals surface area contributed by atoms with Crippen LogP contribution in [0.2, 0.25) is 0 Å². The van der Waals surface area contributed by atoms with Crippen LogP contribution < -0.4 is 11.1 Å². The quantitative estimate of drug-likeness (QED) is 0.413. The van der Waals surface area contributed by atoms with Gasteiger partial charge in [0.05, 0.1) is 17.4 Å². The number of rotatable bonds is 4. The second kappa shape index (κ2) is 10.7. The number of hydrogen-bond acceptors (Lipinski definition) is 4. The summed E-state index contributed by atoms with van der Waals surface area (Å²) in [4.78, 5) is 17.1. The smallest absolute Gasteiger partial charge is 0.408 e. The van der Waals surface area contributed by atoms with Gasteiger partial charge in [-0.3, -0.25) is 0 Å². The Morgan fingerprint density at radius 2 is 1.76 bits per heavy atom. The summed E-state index contributed by atoms with van der Waals surface area (Å²) < 4.78 is 33.5. The molecular formula is C26H24BrF2N3O2. The number of amides is 1. The number of carbonyl (C=O) groups excluding carboxylic acids is 1. The molecule has 1 unspecified atom stereocenters. The summed E-state index contributed by atoms with van der Waals surface area (Å²) in [6.07, 6.45) is -0.647. The van der Waals surface area contributed by atoms with Gasteiger partial charge in [-0.1, -0.05) is 24.1 Å². The van der Waals surface area contributed by atoms with Crippen molar-refractivity contribution < 1.29 is 18.3 Å². The lowest BCUT2D eigenvalue weighted by Gasteiger charge is -2.24. The van der Waals surface area contributed by atoms with E-state index in [1.165, 1.54) is 12.1 Å². The number of ether oxygens (including phenoxy) is 1. The molecule has 2 aromatic carbocycles.